The van der Waals surface area contributed by atoms with Crippen molar-refractivity contribution < 1.29 is 0 Å². The van der Waals surface area contributed by atoms with E-state index < -0.39 is 0 Å². The Labute approximate surface area is 407 Å². The van der Waals surface area contributed by atoms with Gasteiger partial charge in [-0.25, -0.2) is 0 Å². The molecule has 0 saturated carbocycles. The number of nitrogens with zero attached hydrogens (tertiary/aromatic N) is 2. The zero-order chi connectivity index (χ0) is 48.1. The molecule has 2 aliphatic heterocycles. The van der Waals surface area contributed by atoms with Gasteiger partial charge in [0.2, 0.25) is 0 Å². The van der Waals surface area contributed by atoms with Crippen molar-refractivity contribution in [3.63, 3.8) is 0 Å². The normalized spacial score (nSPS) is 16.5. The highest BCUT2D eigenvalue weighted by molar-refractivity contribution is 7.33. The molecule has 0 N–H and O–H groups in total. The smallest absolute Gasteiger partial charge is 0.264 e. The van der Waals surface area contributed by atoms with E-state index in [1.54, 1.807) is 0 Å². The van der Waals surface area contributed by atoms with Gasteiger partial charge in [0.05, 0.1) is 11.4 Å². The van der Waals surface area contributed by atoms with Gasteiger partial charge in [0.1, 0.15) is 0 Å². The summed E-state index contributed by atoms with van der Waals surface area (Å²) in [6.45, 7) is 40.2. The number of fused-ring (bicyclic) bond motifs is 7. The van der Waals surface area contributed by atoms with Crippen LogP contribution in [0.2, 0.25) is 0 Å². The molecule has 0 spiro atoms. The van der Waals surface area contributed by atoms with Crippen LogP contribution in [0.1, 0.15) is 163 Å². The maximum Gasteiger partial charge on any atom is 0.264 e. The van der Waals surface area contributed by atoms with Crippen LogP contribution in [-0.4, -0.2) is 6.71 Å². The van der Waals surface area contributed by atoms with Crippen molar-refractivity contribution in [2.75, 3.05) is 9.80 Å². The molecular weight excluding hydrogens is 828 g/mol. The molecule has 0 fully saturated rings. The van der Waals surface area contributed by atoms with Gasteiger partial charge >= 0.3 is 0 Å². The standard InChI is InChI=1S/C63H73BN2S/c1-38-32-52-55-53(33-38)66(50-28-23-41(59(5,6)7)34-46(50)39-18-20-40(21-19-39)58(2,3)4)51-29-24-42(60(8,9)10)35-49(51)64(55)57-56(45-26-22-43(61(11,12)13)36-54(45)67-57)65(52)44-25-27-47-48(37-44)63(16,17)31-30-62(47,14)15/h18-29,32-37H,30-31H2,1-17H3. The second kappa shape index (κ2) is 15.0. The molecule has 2 nitrogen and oxygen atoms in total. The van der Waals surface area contributed by atoms with Crippen LogP contribution >= 0.6 is 11.3 Å². The van der Waals surface area contributed by atoms with Crippen LogP contribution < -0.4 is 25.5 Å². The molecule has 3 aliphatic rings. The van der Waals surface area contributed by atoms with Gasteiger partial charge in [0, 0.05) is 43.2 Å². The van der Waals surface area contributed by atoms with Gasteiger partial charge in [0.15, 0.2) is 0 Å². The van der Waals surface area contributed by atoms with Gasteiger partial charge in [-0.1, -0.05) is 171 Å². The molecule has 3 heterocycles. The largest absolute Gasteiger partial charge is 0.311 e. The average Bonchev–Trinajstić information content (AvgIpc) is 3.62. The predicted molar refractivity (Wildman–Crippen MR) is 296 cm³/mol. The molecule has 0 atom stereocenters. The van der Waals surface area contributed by atoms with Crippen molar-refractivity contribution in [3.05, 3.63) is 148 Å². The minimum Gasteiger partial charge on any atom is -0.311 e. The van der Waals surface area contributed by atoms with Crippen LogP contribution in [0.3, 0.4) is 0 Å². The lowest BCUT2D eigenvalue weighted by Gasteiger charge is -2.45. The summed E-state index contributed by atoms with van der Waals surface area (Å²) in [7, 11) is 0. The first-order chi connectivity index (χ1) is 31.1. The van der Waals surface area contributed by atoms with Crippen molar-refractivity contribution >= 4 is 78.0 Å². The predicted octanol–water partition coefficient (Wildman–Crippen LogP) is 16.5. The fourth-order valence-corrected chi connectivity index (χ4v) is 12.7. The number of thiophene rings is 1. The first-order valence-electron chi connectivity index (χ1n) is 25.0. The maximum absolute atomic E-state index is 2.69. The zero-order valence-corrected chi connectivity index (χ0v) is 44.5. The van der Waals surface area contributed by atoms with Gasteiger partial charge in [-0.2, -0.15) is 0 Å². The minimum atomic E-state index is -0.0282. The topological polar surface area (TPSA) is 6.48 Å². The summed E-state index contributed by atoms with van der Waals surface area (Å²) in [5, 5.41) is 1.34. The SMILES string of the molecule is Cc1cc2c3c(c1)N(c1ccc4c(c1)C(C)(C)CCC4(C)C)c1c(sc4cc(C(C)(C)C)ccc14)B3c1cc(C(C)(C)C)ccc1N2c1ccc(C(C)(C)C)cc1-c1ccc(C(C)(C)C)cc1. The Morgan fingerprint density at radius 3 is 1.63 bits per heavy atom. The van der Waals surface area contributed by atoms with E-state index in [4.69, 9.17) is 0 Å². The monoisotopic (exact) mass is 901 g/mol. The van der Waals surface area contributed by atoms with Crippen molar-refractivity contribution in [2.24, 2.45) is 0 Å². The van der Waals surface area contributed by atoms with Crippen LogP contribution in [0.15, 0.2) is 109 Å². The van der Waals surface area contributed by atoms with Crippen molar-refractivity contribution in [3.8, 4) is 11.1 Å². The molecule has 0 bridgehead atoms. The summed E-state index contributed by atoms with van der Waals surface area (Å²) >= 11 is 2.02. The Kier molecular flexibility index (Phi) is 10.2. The molecule has 1 aliphatic carbocycles. The highest BCUT2D eigenvalue weighted by Crippen LogP contribution is 2.53. The Bertz CT molecular complexity index is 3130. The van der Waals surface area contributed by atoms with Crippen LogP contribution in [0.5, 0.6) is 0 Å². The van der Waals surface area contributed by atoms with E-state index in [1.807, 2.05) is 11.3 Å². The Hall–Kier alpha value is -5.06. The number of hydrogen-bond acceptors (Lipinski definition) is 3. The summed E-state index contributed by atoms with van der Waals surface area (Å²) in [6, 6.07) is 44.0. The molecule has 4 heteroatoms. The fraction of sp³-hybridized carbons (Fsp3) is 0.397. The number of rotatable bonds is 3. The lowest BCUT2D eigenvalue weighted by atomic mass is 9.36. The van der Waals surface area contributed by atoms with Gasteiger partial charge in [-0.05, 0) is 156 Å². The van der Waals surface area contributed by atoms with Crippen LogP contribution in [0.4, 0.5) is 34.1 Å². The zero-order valence-electron chi connectivity index (χ0n) is 43.7. The van der Waals surface area contributed by atoms with E-state index in [9.17, 15) is 0 Å². The van der Waals surface area contributed by atoms with E-state index in [0.717, 1.165) is 0 Å². The third-order valence-corrected chi connectivity index (χ3v) is 17.0. The van der Waals surface area contributed by atoms with Gasteiger partial charge in [-0.15, -0.1) is 11.3 Å². The molecular formula is C63H73BN2S. The third-order valence-electron chi connectivity index (χ3n) is 15.8. The number of aryl methyl sites for hydroxylation is 1. The van der Waals surface area contributed by atoms with Crippen LogP contribution in [-0.2, 0) is 32.5 Å². The minimum absolute atomic E-state index is 0.0166. The second-order valence-corrected chi connectivity index (χ2v) is 27.0. The van der Waals surface area contributed by atoms with Crippen LogP contribution in [0.25, 0.3) is 21.2 Å². The summed E-state index contributed by atoms with van der Waals surface area (Å²) < 4.78 is 2.80. The van der Waals surface area contributed by atoms with Crippen molar-refractivity contribution in [1.29, 1.82) is 0 Å². The summed E-state index contributed by atoms with van der Waals surface area (Å²) in [4.78, 5) is 5.34. The molecule has 7 aromatic rings. The van der Waals surface area contributed by atoms with E-state index in [0.29, 0.717) is 0 Å². The highest BCUT2D eigenvalue weighted by Gasteiger charge is 2.47. The molecule has 344 valence electrons. The molecule has 6 aromatic carbocycles. The van der Waals surface area contributed by atoms with Gasteiger partial charge in [0.25, 0.3) is 6.71 Å². The van der Waals surface area contributed by atoms with Gasteiger partial charge in [-0.3, -0.25) is 0 Å². The summed E-state index contributed by atoms with van der Waals surface area (Å²) in [5.41, 5.74) is 22.9. The second-order valence-electron chi connectivity index (χ2n) is 25.9. The average molecular weight is 901 g/mol. The number of anilines is 6. The summed E-state index contributed by atoms with van der Waals surface area (Å²) in [5.74, 6) is 0. The first-order valence-corrected chi connectivity index (χ1v) is 25.8. The molecule has 10 rings (SSSR count). The van der Waals surface area contributed by atoms with Crippen molar-refractivity contribution in [2.45, 2.75) is 163 Å². The van der Waals surface area contributed by atoms with E-state index in [2.05, 4.69) is 237 Å². The van der Waals surface area contributed by atoms with Crippen LogP contribution in [0, 0.1) is 6.92 Å². The van der Waals surface area contributed by atoms with Gasteiger partial charge < -0.3 is 9.80 Å². The first kappa shape index (κ1) is 45.7. The van der Waals surface area contributed by atoms with E-state index in [1.165, 1.54) is 123 Å². The lowest BCUT2D eigenvalue weighted by Crippen LogP contribution is -2.60. The molecule has 0 amide bonds. The molecule has 0 saturated heterocycles. The maximum atomic E-state index is 2.69. The Morgan fingerprint density at radius 2 is 1.01 bits per heavy atom. The Balaban J connectivity index is 1.32. The Morgan fingerprint density at radius 1 is 0.493 bits per heavy atom. The third kappa shape index (κ3) is 7.51. The highest BCUT2D eigenvalue weighted by atomic mass is 32.1. The van der Waals surface area contributed by atoms with E-state index in [-0.39, 0.29) is 39.2 Å². The molecule has 0 radical (unpaired) electrons. The van der Waals surface area contributed by atoms with E-state index >= 15 is 0 Å². The fourth-order valence-electron chi connectivity index (χ4n) is 11.4. The quantitative estimate of drug-likeness (QED) is 0.163. The molecule has 0 unspecified atom stereocenters. The molecule has 67 heavy (non-hydrogen) atoms. The number of benzene rings is 6. The lowest BCUT2D eigenvalue weighted by molar-refractivity contribution is 0.332. The number of hydrogen-bond donors (Lipinski definition) is 0. The van der Waals surface area contributed by atoms with Crippen molar-refractivity contribution in [1.82, 2.24) is 0 Å². The summed E-state index contributed by atoms with van der Waals surface area (Å²) in [6.07, 6.45) is 2.38. The molecule has 1 aromatic heterocycles.